The first-order chi connectivity index (χ1) is 19.6. The average molecular weight is 634 g/mol. The Morgan fingerprint density at radius 2 is 1.95 bits per heavy atom. The van der Waals surface area contributed by atoms with E-state index in [4.69, 9.17) is 22.1 Å². The number of nitro groups is 1. The zero-order valence-corrected chi connectivity index (χ0v) is 24.8. The van der Waals surface area contributed by atoms with Crippen LogP contribution < -0.4 is 15.4 Å². The lowest BCUT2D eigenvalue weighted by atomic mass is 9.73. The highest BCUT2D eigenvalue weighted by atomic mass is 79.9. The highest BCUT2D eigenvalue weighted by molar-refractivity contribution is 9.10. The first-order valence-corrected chi connectivity index (χ1v) is 14.2. The second-order valence-electron chi connectivity index (χ2n) is 10.1. The van der Waals surface area contributed by atoms with Crippen LogP contribution in [0.2, 0.25) is 5.02 Å². The minimum Gasteiger partial charge on any atom is -0.488 e. The number of nitrogens with zero attached hydrogens (tertiary/aromatic N) is 3. The summed E-state index contributed by atoms with van der Waals surface area (Å²) in [7, 11) is 0. The van der Waals surface area contributed by atoms with Crippen LogP contribution in [0.5, 0.6) is 5.75 Å². The number of ketones is 1. The molecule has 3 aromatic carbocycles. The number of hydrogen-bond acceptors (Lipinski definition) is 7. The van der Waals surface area contributed by atoms with Crippen molar-refractivity contribution in [2.45, 2.75) is 45.6 Å². The van der Waals surface area contributed by atoms with Gasteiger partial charge in [-0.25, -0.2) is 0 Å². The normalized spacial score (nSPS) is 16.9. The molecule has 10 heteroatoms. The van der Waals surface area contributed by atoms with Gasteiger partial charge in [0.25, 0.3) is 5.69 Å². The molecule has 41 heavy (non-hydrogen) atoms. The van der Waals surface area contributed by atoms with Crippen molar-refractivity contribution in [2.75, 3.05) is 4.90 Å². The summed E-state index contributed by atoms with van der Waals surface area (Å²) in [6, 6.07) is 18.2. The van der Waals surface area contributed by atoms with E-state index in [2.05, 4.69) is 22.0 Å². The minimum absolute atomic E-state index is 0.0155. The molecule has 0 spiro atoms. The van der Waals surface area contributed by atoms with E-state index in [0.717, 1.165) is 26.7 Å². The van der Waals surface area contributed by atoms with Crippen LogP contribution in [0, 0.1) is 35.3 Å². The SMILES string of the molecule is Cc1cc(COc2ccccc2Br)c(C)c(C2C(C#N)=C(N)N(c3ccc(Cl)c([N+](=O)[O-])c3)C3=C2C(=O)CCC3)c1. The van der Waals surface area contributed by atoms with Gasteiger partial charge in [-0.1, -0.05) is 41.4 Å². The van der Waals surface area contributed by atoms with E-state index < -0.39 is 10.8 Å². The van der Waals surface area contributed by atoms with Gasteiger partial charge in [-0.3, -0.25) is 19.8 Å². The number of carbonyl (C=O) groups excluding carboxylic acids is 1. The van der Waals surface area contributed by atoms with Crippen LogP contribution in [-0.2, 0) is 11.4 Å². The summed E-state index contributed by atoms with van der Waals surface area (Å²) >= 11 is 9.59. The Balaban J connectivity index is 1.66. The first-order valence-electron chi connectivity index (χ1n) is 13.0. The van der Waals surface area contributed by atoms with Crippen molar-refractivity contribution in [3.05, 3.63) is 119 Å². The summed E-state index contributed by atoms with van der Waals surface area (Å²) in [5.41, 5.74) is 11.7. The molecule has 1 aliphatic heterocycles. The van der Waals surface area contributed by atoms with Gasteiger partial charge in [0.2, 0.25) is 0 Å². The Kier molecular flexibility index (Phi) is 7.89. The average Bonchev–Trinajstić information content (AvgIpc) is 2.94. The van der Waals surface area contributed by atoms with Crippen LogP contribution >= 0.6 is 27.5 Å². The molecular weight excluding hydrogens is 608 g/mol. The molecule has 0 bridgehead atoms. The van der Waals surface area contributed by atoms with Crippen molar-refractivity contribution < 1.29 is 14.5 Å². The Morgan fingerprint density at radius 1 is 1.20 bits per heavy atom. The Hall–Kier alpha value is -4.13. The second-order valence-corrected chi connectivity index (χ2v) is 11.3. The zero-order chi connectivity index (χ0) is 29.4. The molecule has 0 saturated heterocycles. The number of hydrogen-bond donors (Lipinski definition) is 1. The van der Waals surface area contributed by atoms with Gasteiger partial charge < -0.3 is 10.5 Å². The van der Waals surface area contributed by atoms with Gasteiger partial charge in [-0.2, -0.15) is 5.26 Å². The molecule has 1 atom stereocenters. The standard InChI is InChI=1S/C31H26BrClN4O4/c1-17-12-19(16-41-28-9-4-3-6-23(28)32)18(2)21(13-17)29-22(15-34)31(35)36(25-7-5-8-27(38)30(25)29)20-10-11-24(33)26(14-20)37(39)40/h3-4,6,9-14,29H,5,7-8,16,35H2,1-2H3. The van der Waals surface area contributed by atoms with Crippen LogP contribution in [0.4, 0.5) is 11.4 Å². The quantitative estimate of drug-likeness (QED) is 0.220. The summed E-state index contributed by atoms with van der Waals surface area (Å²) in [5.74, 6) is 0.0875. The van der Waals surface area contributed by atoms with E-state index in [0.29, 0.717) is 42.0 Å². The molecular formula is C31H26BrClN4O4. The largest absolute Gasteiger partial charge is 0.488 e. The maximum atomic E-state index is 13.6. The number of Topliss-reactive ketones (excluding diaryl/α,β-unsaturated/α-hetero) is 1. The molecule has 0 saturated carbocycles. The fourth-order valence-corrected chi connectivity index (χ4v) is 6.19. The molecule has 0 aromatic heterocycles. The molecule has 3 aromatic rings. The monoisotopic (exact) mass is 632 g/mol. The third kappa shape index (κ3) is 5.21. The molecule has 0 radical (unpaired) electrons. The van der Waals surface area contributed by atoms with Gasteiger partial charge in [-0.15, -0.1) is 0 Å². The van der Waals surface area contributed by atoms with Crippen molar-refractivity contribution in [3.63, 3.8) is 0 Å². The molecule has 2 N–H and O–H groups in total. The molecule has 1 unspecified atom stereocenters. The third-order valence-electron chi connectivity index (χ3n) is 7.53. The van der Waals surface area contributed by atoms with Crippen molar-refractivity contribution in [1.82, 2.24) is 0 Å². The lowest BCUT2D eigenvalue weighted by Crippen LogP contribution is -2.39. The van der Waals surface area contributed by atoms with Crippen LogP contribution in [0.1, 0.15) is 47.4 Å². The number of aryl methyl sites for hydroxylation is 1. The Morgan fingerprint density at radius 3 is 2.66 bits per heavy atom. The number of nitriles is 1. The predicted molar refractivity (Wildman–Crippen MR) is 160 cm³/mol. The van der Waals surface area contributed by atoms with Crippen LogP contribution in [0.15, 0.2) is 81.7 Å². The number of rotatable bonds is 6. The Bertz CT molecular complexity index is 1710. The van der Waals surface area contributed by atoms with E-state index in [1.54, 1.807) is 11.0 Å². The number of anilines is 1. The zero-order valence-electron chi connectivity index (χ0n) is 22.4. The second kappa shape index (κ2) is 11.4. The predicted octanol–water partition coefficient (Wildman–Crippen LogP) is 7.51. The fraction of sp³-hybridized carbons (Fsp3) is 0.226. The molecule has 208 valence electrons. The summed E-state index contributed by atoms with van der Waals surface area (Å²) in [6.07, 6.45) is 1.46. The van der Waals surface area contributed by atoms with E-state index in [1.165, 1.54) is 12.1 Å². The number of ether oxygens (including phenoxy) is 1. The van der Waals surface area contributed by atoms with Gasteiger partial charge >= 0.3 is 0 Å². The maximum absolute atomic E-state index is 13.6. The van der Waals surface area contributed by atoms with Crippen molar-refractivity contribution in [1.29, 1.82) is 5.26 Å². The van der Waals surface area contributed by atoms with Crippen LogP contribution in [0.25, 0.3) is 0 Å². The van der Waals surface area contributed by atoms with Crippen molar-refractivity contribution >= 4 is 44.7 Å². The summed E-state index contributed by atoms with van der Waals surface area (Å²) in [4.78, 5) is 26.3. The first kappa shape index (κ1) is 28.4. The smallest absolute Gasteiger partial charge is 0.289 e. The highest BCUT2D eigenvalue weighted by Crippen LogP contribution is 2.48. The van der Waals surface area contributed by atoms with Gasteiger partial charge in [0.15, 0.2) is 5.78 Å². The number of benzene rings is 3. The lowest BCUT2D eigenvalue weighted by molar-refractivity contribution is -0.384. The maximum Gasteiger partial charge on any atom is 0.289 e. The number of halogens is 2. The Labute approximate surface area is 250 Å². The van der Waals surface area contributed by atoms with E-state index in [1.807, 2.05) is 50.2 Å². The number of nitro benzene ring substituents is 1. The fourth-order valence-electron chi connectivity index (χ4n) is 5.60. The number of nitrogens with two attached hydrogens (primary N) is 1. The van der Waals surface area contributed by atoms with E-state index in [-0.39, 0.29) is 34.5 Å². The van der Waals surface area contributed by atoms with E-state index >= 15 is 0 Å². The molecule has 1 heterocycles. The van der Waals surface area contributed by atoms with E-state index in [9.17, 15) is 20.2 Å². The summed E-state index contributed by atoms with van der Waals surface area (Å²) in [6.45, 7) is 4.21. The topological polar surface area (TPSA) is 122 Å². The van der Waals surface area contributed by atoms with Crippen LogP contribution in [0.3, 0.4) is 0 Å². The molecule has 1 aliphatic carbocycles. The molecule has 0 amide bonds. The van der Waals surface area contributed by atoms with Crippen molar-refractivity contribution in [2.24, 2.45) is 5.73 Å². The summed E-state index contributed by atoms with van der Waals surface area (Å²) in [5, 5.41) is 22.0. The number of carbonyl (C=O) groups is 1. The number of para-hydroxylation sites is 1. The van der Waals surface area contributed by atoms with Crippen molar-refractivity contribution in [3.8, 4) is 11.8 Å². The highest BCUT2D eigenvalue weighted by Gasteiger charge is 2.41. The van der Waals surface area contributed by atoms with Gasteiger partial charge in [0.1, 0.15) is 23.2 Å². The summed E-state index contributed by atoms with van der Waals surface area (Å²) < 4.78 is 6.95. The van der Waals surface area contributed by atoms with Gasteiger partial charge in [0.05, 0.1) is 32.6 Å². The third-order valence-corrected chi connectivity index (χ3v) is 8.50. The van der Waals surface area contributed by atoms with Crippen LogP contribution in [-0.4, -0.2) is 10.7 Å². The van der Waals surface area contributed by atoms with Gasteiger partial charge in [-0.05, 0) is 83.6 Å². The lowest BCUT2D eigenvalue weighted by Gasteiger charge is -2.40. The number of allylic oxidation sites excluding steroid dienone is 3. The molecule has 0 fully saturated rings. The molecule has 5 rings (SSSR count). The van der Waals surface area contributed by atoms with Gasteiger partial charge in [0, 0.05) is 23.8 Å². The molecule has 8 nitrogen and oxygen atoms in total. The molecule has 2 aliphatic rings. The minimum atomic E-state index is -0.677.